The third-order valence-electron chi connectivity index (χ3n) is 7.56. The topological polar surface area (TPSA) is 23.8 Å². The first kappa shape index (κ1) is 22.1. The normalized spacial score (nSPS) is 28.1. The Hall–Kier alpha value is -1.62. The second-order valence-corrected chi connectivity index (χ2v) is 9.50. The Labute approximate surface area is 177 Å². The molecule has 2 aliphatic rings. The summed E-state index contributed by atoms with van der Waals surface area (Å²) in [7, 11) is 0. The molecule has 158 valence electrons. The summed E-state index contributed by atoms with van der Waals surface area (Å²) < 4.78 is 13.1. The first-order valence-corrected chi connectivity index (χ1v) is 12.0. The van der Waals surface area contributed by atoms with Crippen LogP contribution in [0.1, 0.15) is 101 Å². The van der Waals surface area contributed by atoms with Crippen molar-refractivity contribution in [1.82, 2.24) is 0 Å². The van der Waals surface area contributed by atoms with Crippen LogP contribution in [0.3, 0.4) is 0 Å². The molecule has 29 heavy (non-hydrogen) atoms. The number of halogens is 1. The van der Waals surface area contributed by atoms with Crippen LogP contribution in [0.5, 0.6) is 0 Å². The predicted molar refractivity (Wildman–Crippen MR) is 119 cm³/mol. The summed E-state index contributed by atoms with van der Waals surface area (Å²) in [5, 5.41) is 8.57. The van der Waals surface area contributed by atoms with Crippen LogP contribution < -0.4 is 0 Å². The summed E-state index contributed by atoms with van der Waals surface area (Å²) in [5.41, 5.74) is 3.00. The van der Waals surface area contributed by atoms with E-state index in [1.165, 1.54) is 69.8 Å². The second-order valence-electron chi connectivity index (χ2n) is 9.50. The van der Waals surface area contributed by atoms with Gasteiger partial charge in [0.05, 0.1) is 0 Å². The molecule has 0 saturated heterocycles. The SMILES string of the molecule is CCc1ccc(C2CCC(CCCCC3CCC(C=C(F)C#N)CC3)CC2)cc1. The Bertz CT molecular complexity index is 667. The molecule has 0 amide bonds. The quantitative estimate of drug-likeness (QED) is 0.321. The largest absolute Gasteiger partial charge is 0.196 e. The number of hydrogen-bond acceptors (Lipinski definition) is 1. The first-order valence-electron chi connectivity index (χ1n) is 12.0. The highest BCUT2D eigenvalue weighted by atomic mass is 19.1. The van der Waals surface area contributed by atoms with Gasteiger partial charge in [0.1, 0.15) is 6.07 Å². The molecule has 2 saturated carbocycles. The fourth-order valence-electron chi connectivity index (χ4n) is 5.56. The Morgan fingerprint density at radius 3 is 2.00 bits per heavy atom. The van der Waals surface area contributed by atoms with E-state index in [1.807, 2.05) is 0 Å². The lowest BCUT2D eigenvalue weighted by Crippen LogP contribution is -2.14. The molecule has 2 heteroatoms. The molecule has 2 aliphatic carbocycles. The van der Waals surface area contributed by atoms with Crippen molar-refractivity contribution in [3.8, 4) is 6.07 Å². The van der Waals surface area contributed by atoms with Gasteiger partial charge in [0.15, 0.2) is 5.83 Å². The van der Waals surface area contributed by atoms with Crippen LogP contribution in [-0.4, -0.2) is 0 Å². The van der Waals surface area contributed by atoms with Crippen molar-refractivity contribution in [2.45, 2.75) is 96.3 Å². The highest BCUT2D eigenvalue weighted by molar-refractivity contribution is 5.25. The van der Waals surface area contributed by atoms with Crippen molar-refractivity contribution < 1.29 is 4.39 Å². The number of hydrogen-bond donors (Lipinski definition) is 0. The molecule has 0 radical (unpaired) electrons. The Morgan fingerprint density at radius 2 is 1.48 bits per heavy atom. The standard InChI is InChI=1S/C27H38FN/c1-2-21-11-15-25(16-12-21)26-17-13-23(14-18-26)6-4-3-5-22-7-9-24(10-8-22)19-27(28)20-29/h11-12,15-16,19,22-24,26H,2-10,13-14,17-18H2,1H3. The number of unbranched alkanes of at least 4 members (excludes halogenated alkanes) is 1. The summed E-state index contributed by atoms with van der Waals surface area (Å²) in [6, 6.07) is 11.0. The van der Waals surface area contributed by atoms with E-state index < -0.39 is 5.83 Å². The minimum absolute atomic E-state index is 0.291. The van der Waals surface area contributed by atoms with Gasteiger partial charge in [-0.25, -0.2) is 0 Å². The molecule has 0 N–H and O–H groups in total. The Kier molecular flexibility index (Phi) is 8.78. The highest BCUT2D eigenvalue weighted by Gasteiger charge is 2.23. The van der Waals surface area contributed by atoms with Gasteiger partial charge in [-0.05, 0) is 98.7 Å². The van der Waals surface area contributed by atoms with E-state index in [2.05, 4.69) is 31.2 Å². The smallest absolute Gasteiger partial charge is 0.195 e. The number of nitriles is 1. The third-order valence-corrected chi connectivity index (χ3v) is 7.56. The van der Waals surface area contributed by atoms with E-state index in [4.69, 9.17) is 5.26 Å². The highest BCUT2D eigenvalue weighted by Crippen LogP contribution is 2.38. The zero-order chi connectivity index (χ0) is 20.5. The Balaban J connectivity index is 1.27. The van der Waals surface area contributed by atoms with E-state index in [-0.39, 0.29) is 0 Å². The molecular weight excluding hydrogens is 357 g/mol. The summed E-state index contributed by atoms with van der Waals surface area (Å²) in [6.07, 6.45) is 18.2. The monoisotopic (exact) mass is 395 g/mol. The predicted octanol–water partition coefficient (Wildman–Crippen LogP) is 8.27. The van der Waals surface area contributed by atoms with Crippen LogP contribution in [-0.2, 0) is 6.42 Å². The van der Waals surface area contributed by atoms with Crippen LogP contribution in [0.25, 0.3) is 0 Å². The summed E-state index contributed by atoms with van der Waals surface area (Å²) in [4.78, 5) is 0. The molecule has 0 aliphatic heterocycles. The minimum Gasteiger partial charge on any atom is -0.195 e. The maximum atomic E-state index is 13.1. The number of aryl methyl sites for hydroxylation is 1. The van der Waals surface area contributed by atoms with Crippen molar-refractivity contribution in [3.05, 3.63) is 47.3 Å². The fraction of sp³-hybridized carbons (Fsp3) is 0.667. The van der Waals surface area contributed by atoms with Gasteiger partial charge in [0.25, 0.3) is 0 Å². The fourth-order valence-corrected chi connectivity index (χ4v) is 5.56. The molecule has 1 aromatic rings. The molecule has 2 fully saturated rings. The van der Waals surface area contributed by atoms with Crippen LogP contribution in [0.4, 0.5) is 4.39 Å². The van der Waals surface area contributed by atoms with E-state index >= 15 is 0 Å². The van der Waals surface area contributed by atoms with Crippen LogP contribution >= 0.6 is 0 Å². The summed E-state index contributed by atoms with van der Waals surface area (Å²) in [6.45, 7) is 2.22. The number of allylic oxidation sites excluding steroid dienone is 2. The maximum Gasteiger partial charge on any atom is 0.196 e. The van der Waals surface area contributed by atoms with Gasteiger partial charge in [-0.2, -0.15) is 9.65 Å². The second kappa shape index (κ2) is 11.5. The van der Waals surface area contributed by atoms with E-state index in [0.717, 1.165) is 37.0 Å². The van der Waals surface area contributed by atoms with Gasteiger partial charge in [-0.3, -0.25) is 0 Å². The Morgan fingerprint density at radius 1 is 0.931 bits per heavy atom. The molecule has 0 atom stereocenters. The number of nitrogens with zero attached hydrogens (tertiary/aromatic N) is 1. The molecule has 0 heterocycles. The molecule has 0 spiro atoms. The lowest BCUT2D eigenvalue weighted by molar-refractivity contribution is 0.272. The molecule has 0 unspecified atom stereocenters. The van der Waals surface area contributed by atoms with E-state index in [9.17, 15) is 4.39 Å². The molecule has 1 nitrogen and oxygen atoms in total. The zero-order valence-electron chi connectivity index (χ0n) is 18.2. The first-order chi connectivity index (χ1) is 14.2. The van der Waals surface area contributed by atoms with Crippen molar-refractivity contribution in [2.75, 3.05) is 0 Å². The molecule has 0 bridgehead atoms. The minimum atomic E-state index is -0.596. The van der Waals surface area contributed by atoms with Gasteiger partial charge in [-0.15, -0.1) is 0 Å². The van der Waals surface area contributed by atoms with Crippen molar-refractivity contribution >= 4 is 0 Å². The van der Waals surface area contributed by atoms with Crippen LogP contribution in [0.15, 0.2) is 36.2 Å². The number of benzene rings is 1. The maximum absolute atomic E-state index is 13.1. The molecule has 0 aromatic heterocycles. The van der Waals surface area contributed by atoms with Crippen molar-refractivity contribution in [1.29, 1.82) is 5.26 Å². The van der Waals surface area contributed by atoms with Crippen molar-refractivity contribution in [3.63, 3.8) is 0 Å². The van der Waals surface area contributed by atoms with Crippen LogP contribution in [0.2, 0.25) is 0 Å². The van der Waals surface area contributed by atoms with E-state index in [0.29, 0.717) is 5.92 Å². The zero-order valence-corrected chi connectivity index (χ0v) is 18.2. The molecule has 3 rings (SSSR count). The van der Waals surface area contributed by atoms with Gasteiger partial charge in [0.2, 0.25) is 0 Å². The van der Waals surface area contributed by atoms with Gasteiger partial charge >= 0.3 is 0 Å². The summed E-state index contributed by atoms with van der Waals surface area (Å²) in [5.74, 6) is 2.25. The van der Waals surface area contributed by atoms with Gasteiger partial charge in [0, 0.05) is 0 Å². The van der Waals surface area contributed by atoms with Gasteiger partial charge < -0.3 is 0 Å². The average Bonchev–Trinajstić information content (AvgIpc) is 2.78. The average molecular weight is 396 g/mol. The van der Waals surface area contributed by atoms with E-state index in [1.54, 1.807) is 17.7 Å². The third kappa shape index (κ3) is 6.98. The lowest BCUT2D eigenvalue weighted by atomic mass is 9.76. The molecule has 1 aromatic carbocycles. The van der Waals surface area contributed by atoms with Gasteiger partial charge in [-0.1, -0.05) is 56.9 Å². The van der Waals surface area contributed by atoms with Crippen LogP contribution in [0, 0.1) is 29.1 Å². The summed E-state index contributed by atoms with van der Waals surface area (Å²) >= 11 is 0. The van der Waals surface area contributed by atoms with Crippen molar-refractivity contribution in [2.24, 2.45) is 17.8 Å². The molecular formula is C27H38FN. The lowest BCUT2D eigenvalue weighted by Gasteiger charge is -2.29. The number of rotatable bonds is 8.